The maximum atomic E-state index is 13.3. The molecule has 0 radical (unpaired) electrons. The van der Waals surface area contributed by atoms with Crippen molar-refractivity contribution in [3.05, 3.63) is 35.4 Å². The molecule has 102 valence electrons. The molecule has 0 aliphatic carbocycles. The lowest BCUT2D eigenvalue weighted by Gasteiger charge is -2.19. The Labute approximate surface area is 107 Å². The minimum atomic E-state index is -3.01. The minimum absolute atomic E-state index is 0.433. The zero-order valence-corrected chi connectivity index (χ0v) is 11.6. The zero-order valence-electron chi connectivity index (χ0n) is 10.6. The molecule has 1 rings (SSSR count). The maximum absolute atomic E-state index is 13.3. The number of hydrogen-bond donors (Lipinski definition) is 1. The van der Waals surface area contributed by atoms with Crippen molar-refractivity contribution in [2.75, 3.05) is 14.2 Å². The lowest BCUT2D eigenvalue weighted by Crippen LogP contribution is -2.39. The van der Waals surface area contributed by atoms with E-state index in [1.165, 1.54) is 26.4 Å². The predicted octanol–water partition coefficient (Wildman–Crippen LogP) is 2.51. The number of benzene rings is 1. The van der Waals surface area contributed by atoms with Crippen molar-refractivity contribution in [1.82, 2.24) is 0 Å². The average Bonchev–Trinajstić information content (AvgIpc) is 2.36. The molecular weight excluding hydrogens is 258 g/mol. The van der Waals surface area contributed by atoms with Gasteiger partial charge in [-0.3, -0.25) is 0 Å². The van der Waals surface area contributed by atoms with Crippen LogP contribution in [0.25, 0.3) is 0 Å². The van der Waals surface area contributed by atoms with Gasteiger partial charge in [-0.2, -0.15) is 0 Å². The molecule has 3 nitrogen and oxygen atoms in total. The van der Waals surface area contributed by atoms with Gasteiger partial charge in [0.2, 0.25) is 0 Å². The number of halogens is 2. The average molecular weight is 276 g/mol. The van der Waals surface area contributed by atoms with Crippen LogP contribution in [0.15, 0.2) is 18.2 Å². The van der Waals surface area contributed by atoms with Gasteiger partial charge >= 0.3 is 8.80 Å². The van der Waals surface area contributed by atoms with E-state index in [1.807, 2.05) is 0 Å². The Kier molecular flexibility index (Phi) is 5.87. The highest BCUT2D eigenvalue weighted by Gasteiger charge is 2.33. The standard InChI is InChI=1S/C12H18F2O3Si/c1-16-18(15,17-2)8-4-3-5-10-6-7-11(13)9-12(10)14/h6-7,9,15H,3-5,8H2,1-2H3. The molecule has 0 saturated heterocycles. The van der Waals surface area contributed by atoms with E-state index in [4.69, 9.17) is 8.85 Å². The number of hydrogen-bond acceptors (Lipinski definition) is 3. The topological polar surface area (TPSA) is 38.7 Å². The summed E-state index contributed by atoms with van der Waals surface area (Å²) >= 11 is 0. The predicted molar refractivity (Wildman–Crippen MR) is 66.1 cm³/mol. The highest BCUT2D eigenvalue weighted by atomic mass is 28.4. The van der Waals surface area contributed by atoms with E-state index in [0.717, 1.165) is 6.07 Å². The van der Waals surface area contributed by atoms with Crippen molar-refractivity contribution in [2.45, 2.75) is 25.3 Å². The molecule has 1 aromatic rings. The van der Waals surface area contributed by atoms with Crippen LogP contribution in [0.3, 0.4) is 0 Å². The normalized spacial score (nSPS) is 11.8. The molecule has 18 heavy (non-hydrogen) atoms. The van der Waals surface area contributed by atoms with Crippen LogP contribution in [0.4, 0.5) is 8.78 Å². The van der Waals surface area contributed by atoms with Gasteiger partial charge in [-0.05, 0) is 30.9 Å². The van der Waals surface area contributed by atoms with Gasteiger partial charge < -0.3 is 13.6 Å². The van der Waals surface area contributed by atoms with Crippen LogP contribution in [0.2, 0.25) is 6.04 Å². The smallest absolute Gasteiger partial charge is 0.390 e. The van der Waals surface area contributed by atoms with Crippen molar-refractivity contribution in [2.24, 2.45) is 0 Å². The van der Waals surface area contributed by atoms with Gasteiger partial charge in [-0.15, -0.1) is 0 Å². The summed E-state index contributed by atoms with van der Waals surface area (Å²) in [6.07, 6.45) is 1.86. The summed E-state index contributed by atoms with van der Waals surface area (Å²) in [7, 11) is -0.188. The van der Waals surface area contributed by atoms with Crippen molar-refractivity contribution < 1.29 is 22.4 Å². The molecule has 0 fully saturated rings. The molecule has 6 heteroatoms. The Morgan fingerprint density at radius 2 is 1.83 bits per heavy atom. The second-order valence-corrected chi connectivity index (χ2v) is 6.81. The molecule has 0 unspecified atom stereocenters. The van der Waals surface area contributed by atoms with Gasteiger partial charge in [0.05, 0.1) is 0 Å². The summed E-state index contributed by atoms with van der Waals surface area (Å²) in [5, 5.41) is 0. The van der Waals surface area contributed by atoms with Crippen LogP contribution in [-0.2, 0) is 15.3 Å². The first-order valence-electron chi connectivity index (χ1n) is 5.77. The van der Waals surface area contributed by atoms with Gasteiger partial charge in [0.25, 0.3) is 0 Å². The zero-order chi connectivity index (χ0) is 13.6. The molecule has 0 spiro atoms. The third-order valence-electron chi connectivity index (χ3n) is 2.84. The monoisotopic (exact) mass is 276 g/mol. The molecule has 1 N–H and O–H groups in total. The fourth-order valence-electron chi connectivity index (χ4n) is 1.68. The largest absolute Gasteiger partial charge is 0.497 e. The third kappa shape index (κ3) is 4.45. The SMILES string of the molecule is CO[Si](O)(CCCCc1ccc(F)cc1F)OC. The first kappa shape index (κ1) is 15.2. The van der Waals surface area contributed by atoms with Gasteiger partial charge in [0.15, 0.2) is 0 Å². The van der Waals surface area contributed by atoms with Gasteiger partial charge in [-0.25, -0.2) is 8.78 Å². The summed E-state index contributed by atoms with van der Waals surface area (Å²) in [4.78, 5) is 9.79. The van der Waals surface area contributed by atoms with E-state index < -0.39 is 20.4 Å². The number of aryl methyl sites for hydroxylation is 1. The number of unbranched alkanes of at least 4 members (excludes halogenated alkanes) is 1. The highest BCUT2D eigenvalue weighted by Crippen LogP contribution is 2.16. The summed E-state index contributed by atoms with van der Waals surface area (Å²) in [5.41, 5.74) is 0.483. The second kappa shape index (κ2) is 6.94. The van der Waals surface area contributed by atoms with E-state index in [2.05, 4.69) is 0 Å². The highest BCUT2D eigenvalue weighted by molar-refractivity contribution is 6.59. The van der Waals surface area contributed by atoms with Gasteiger partial charge in [0.1, 0.15) is 11.6 Å². The van der Waals surface area contributed by atoms with Gasteiger partial charge in [-0.1, -0.05) is 6.07 Å². The Balaban J connectivity index is 2.38. The summed E-state index contributed by atoms with van der Waals surface area (Å²) in [6, 6.07) is 4.00. The van der Waals surface area contributed by atoms with Crippen LogP contribution in [0, 0.1) is 11.6 Å². The minimum Gasteiger partial charge on any atom is -0.390 e. The molecule has 0 aromatic heterocycles. The van der Waals surface area contributed by atoms with Gasteiger partial charge in [0, 0.05) is 26.3 Å². The summed E-state index contributed by atoms with van der Waals surface area (Å²) in [6.45, 7) is 0. The molecule has 0 saturated carbocycles. The molecule has 0 aliphatic rings. The van der Waals surface area contributed by atoms with Crippen molar-refractivity contribution in [3.63, 3.8) is 0 Å². The lowest BCUT2D eigenvalue weighted by molar-refractivity contribution is 0.150. The third-order valence-corrected chi connectivity index (χ3v) is 5.10. The van der Waals surface area contributed by atoms with Crippen molar-refractivity contribution >= 4 is 8.80 Å². The summed E-state index contributed by atoms with van der Waals surface area (Å²) in [5.74, 6) is -1.10. The first-order valence-corrected chi connectivity index (χ1v) is 7.74. The second-order valence-electron chi connectivity index (χ2n) is 4.06. The molecule has 0 aliphatic heterocycles. The van der Waals surface area contributed by atoms with Crippen LogP contribution >= 0.6 is 0 Å². The van der Waals surface area contributed by atoms with Crippen LogP contribution < -0.4 is 0 Å². The first-order chi connectivity index (χ1) is 8.50. The van der Waals surface area contributed by atoms with E-state index >= 15 is 0 Å². The molecule has 0 atom stereocenters. The van der Waals surface area contributed by atoms with Crippen molar-refractivity contribution in [3.8, 4) is 0 Å². The van der Waals surface area contributed by atoms with Crippen LogP contribution in [-0.4, -0.2) is 27.8 Å². The fraction of sp³-hybridized carbons (Fsp3) is 0.500. The maximum Gasteiger partial charge on any atom is 0.497 e. The van der Waals surface area contributed by atoms with E-state index in [1.54, 1.807) is 0 Å². The Hall–Kier alpha value is -0.823. The molecule has 1 aromatic carbocycles. The van der Waals surface area contributed by atoms with E-state index in [9.17, 15) is 13.6 Å². The lowest BCUT2D eigenvalue weighted by atomic mass is 10.1. The fourth-order valence-corrected chi connectivity index (χ4v) is 2.95. The van der Waals surface area contributed by atoms with E-state index in [0.29, 0.717) is 30.9 Å². The van der Waals surface area contributed by atoms with Crippen molar-refractivity contribution in [1.29, 1.82) is 0 Å². The molecule has 0 bridgehead atoms. The molecular formula is C12H18F2O3Si. The van der Waals surface area contributed by atoms with Crippen LogP contribution in [0.1, 0.15) is 18.4 Å². The van der Waals surface area contributed by atoms with E-state index in [-0.39, 0.29) is 0 Å². The Morgan fingerprint density at radius 1 is 1.17 bits per heavy atom. The quantitative estimate of drug-likeness (QED) is 0.614. The molecule has 0 heterocycles. The Morgan fingerprint density at radius 3 is 2.39 bits per heavy atom. The summed E-state index contributed by atoms with van der Waals surface area (Å²) < 4.78 is 35.9. The van der Waals surface area contributed by atoms with Crippen LogP contribution in [0.5, 0.6) is 0 Å². The Bertz CT molecular complexity index is 384. The number of rotatable bonds is 7. The molecule has 0 amide bonds.